The van der Waals surface area contributed by atoms with Crippen LogP contribution in [-0.2, 0) is 11.2 Å². The Labute approximate surface area is 126 Å². The number of thiophene rings is 1. The summed E-state index contributed by atoms with van der Waals surface area (Å²) in [5, 5.41) is 6.74. The van der Waals surface area contributed by atoms with Gasteiger partial charge in [-0.3, -0.25) is 4.99 Å². The van der Waals surface area contributed by atoms with Crippen molar-refractivity contribution in [2.24, 2.45) is 4.99 Å². The normalized spacial score (nSPS) is 13.3. The van der Waals surface area contributed by atoms with Crippen LogP contribution >= 0.6 is 11.3 Å². The van der Waals surface area contributed by atoms with Crippen LogP contribution in [-0.4, -0.2) is 38.8 Å². The first-order valence-electron chi connectivity index (χ1n) is 7.24. The van der Waals surface area contributed by atoms with Crippen molar-refractivity contribution in [2.45, 2.75) is 39.7 Å². The molecule has 1 unspecified atom stereocenters. The number of methoxy groups -OCH3 is 1. The molecule has 114 valence electrons. The summed E-state index contributed by atoms with van der Waals surface area (Å²) in [5.41, 5.74) is 0. The number of hydrogen-bond donors (Lipinski definition) is 2. The molecule has 1 heterocycles. The molecule has 0 radical (unpaired) electrons. The van der Waals surface area contributed by atoms with Gasteiger partial charge in [-0.15, -0.1) is 11.3 Å². The molecule has 0 aliphatic rings. The summed E-state index contributed by atoms with van der Waals surface area (Å²) in [4.78, 5) is 7.34. The maximum absolute atomic E-state index is 5.04. The van der Waals surface area contributed by atoms with E-state index in [1.807, 2.05) is 11.3 Å². The number of guanidine groups is 1. The van der Waals surface area contributed by atoms with Crippen molar-refractivity contribution in [1.29, 1.82) is 0 Å². The minimum atomic E-state index is 0.369. The molecule has 1 aromatic heterocycles. The minimum Gasteiger partial charge on any atom is -0.385 e. The van der Waals surface area contributed by atoms with Crippen LogP contribution in [0, 0.1) is 6.92 Å². The summed E-state index contributed by atoms with van der Waals surface area (Å²) in [6, 6.07) is 4.76. The quantitative estimate of drug-likeness (QED) is 0.440. The van der Waals surface area contributed by atoms with Gasteiger partial charge >= 0.3 is 0 Å². The van der Waals surface area contributed by atoms with Crippen molar-refractivity contribution in [2.75, 3.05) is 26.8 Å². The molecule has 5 heteroatoms. The molecule has 4 nitrogen and oxygen atoms in total. The molecule has 0 bridgehead atoms. The Bertz CT molecular complexity index is 404. The first-order valence-corrected chi connectivity index (χ1v) is 8.06. The van der Waals surface area contributed by atoms with Gasteiger partial charge in [-0.2, -0.15) is 0 Å². The molecule has 0 amide bonds. The van der Waals surface area contributed by atoms with Crippen LogP contribution in [0.1, 0.15) is 30.0 Å². The Balaban J connectivity index is 2.42. The van der Waals surface area contributed by atoms with Gasteiger partial charge in [-0.25, -0.2) is 0 Å². The predicted molar refractivity (Wildman–Crippen MR) is 87.8 cm³/mol. The largest absolute Gasteiger partial charge is 0.385 e. The molecule has 2 N–H and O–H groups in total. The Kier molecular flexibility index (Phi) is 8.30. The fourth-order valence-corrected chi connectivity index (χ4v) is 2.92. The Morgan fingerprint density at radius 2 is 2.25 bits per heavy atom. The van der Waals surface area contributed by atoms with Gasteiger partial charge < -0.3 is 15.4 Å². The summed E-state index contributed by atoms with van der Waals surface area (Å²) >= 11 is 1.86. The summed E-state index contributed by atoms with van der Waals surface area (Å²) in [6.07, 6.45) is 1.98. The molecule has 1 rings (SSSR count). The van der Waals surface area contributed by atoms with E-state index < -0.39 is 0 Å². The standard InChI is InChI=1S/C15H27N3OS/c1-5-16-15(17-9-6-10-19-4)18-12(2)11-14-8-7-13(3)20-14/h7-8,12H,5-6,9-11H2,1-4H3,(H2,16,17,18). The number of rotatable bonds is 8. The third kappa shape index (κ3) is 6.91. The number of nitrogens with zero attached hydrogens (tertiary/aromatic N) is 1. The van der Waals surface area contributed by atoms with E-state index in [1.54, 1.807) is 7.11 Å². The van der Waals surface area contributed by atoms with Crippen molar-refractivity contribution < 1.29 is 4.74 Å². The zero-order valence-corrected chi connectivity index (χ0v) is 13.8. The maximum atomic E-state index is 5.04. The smallest absolute Gasteiger partial charge is 0.191 e. The SMILES string of the molecule is CCNC(=NCCCOC)NC(C)Cc1ccc(C)s1. The lowest BCUT2D eigenvalue weighted by Crippen LogP contribution is -2.43. The van der Waals surface area contributed by atoms with E-state index in [1.165, 1.54) is 9.75 Å². The van der Waals surface area contributed by atoms with E-state index in [0.29, 0.717) is 6.04 Å². The van der Waals surface area contributed by atoms with Crippen LogP contribution in [0.5, 0.6) is 0 Å². The van der Waals surface area contributed by atoms with Crippen LogP contribution in [0.2, 0.25) is 0 Å². The molecular formula is C15H27N3OS. The van der Waals surface area contributed by atoms with Crippen molar-refractivity contribution in [3.8, 4) is 0 Å². The number of aryl methyl sites for hydroxylation is 1. The molecule has 0 aliphatic heterocycles. The van der Waals surface area contributed by atoms with Gasteiger partial charge in [0.1, 0.15) is 0 Å². The highest BCUT2D eigenvalue weighted by Crippen LogP contribution is 2.16. The Hall–Kier alpha value is -1.07. The van der Waals surface area contributed by atoms with Gasteiger partial charge in [0.2, 0.25) is 0 Å². The lowest BCUT2D eigenvalue weighted by Gasteiger charge is -2.17. The average molecular weight is 297 g/mol. The van der Waals surface area contributed by atoms with Crippen molar-refractivity contribution in [1.82, 2.24) is 10.6 Å². The van der Waals surface area contributed by atoms with Gasteiger partial charge in [0.15, 0.2) is 5.96 Å². The molecule has 1 aromatic rings. The highest BCUT2D eigenvalue weighted by molar-refractivity contribution is 7.11. The van der Waals surface area contributed by atoms with Gasteiger partial charge in [0.05, 0.1) is 0 Å². The second kappa shape index (κ2) is 9.77. The molecule has 0 saturated carbocycles. The topological polar surface area (TPSA) is 45.7 Å². The van der Waals surface area contributed by atoms with E-state index >= 15 is 0 Å². The monoisotopic (exact) mass is 297 g/mol. The molecule has 1 atom stereocenters. The molecular weight excluding hydrogens is 270 g/mol. The van der Waals surface area contributed by atoms with E-state index in [4.69, 9.17) is 4.74 Å². The first-order chi connectivity index (χ1) is 9.65. The lowest BCUT2D eigenvalue weighted by atomic mass is 10.2. The van der Waals surface area contributed by atoms with E-state index in [2.05, 4.69) is 48.5 Å². The predicted octanol–water partition coefficient (Wildman–Crippen LogP) is 2.58. The second-order valence-corrected chi connectivity index (χ2v) is 6.24. The lowest BCUT2D eigenvalue weighted by molar-refractivity contribution is 0.197. The molecule has 0 spiro atoms. The van der Waals surface area contributed by atoms with Crippen molar-refractivity contribution in [3.05, 3.63) is 21.9 Å². The van der Waals surface area contributed by atoms with Gasteiger partial charge in [0.25, 0.3) is 0 Å². The van der Waals surface area contributed by atoms with Crippen LogP contribution in [0.3, 0.4) is 0 Å². The van der Waals surface area contributed by atoms with Crippen molar-refractivity contribution >= 4 is 17.3 Å². The molecule has 0 fully saturated rings. The summed E-state index contributed by atoms with van der Waals surface area (Å²) in [6.45, 7) is 8.84. The minimum absolute atomic E-state index is 0.369. The van der Waals surface area contributed by atoms with Crippen LogP contribution in [0.25, 0.3) is 0 Å². The zero-order valence-electron chi connectivity index (χ0n) is 13.0. The summed E-state index contributed by atoms with van der Waals surface area (Å²) in [5.74, 6) is 0.893. The zero-order chi connectivity index (χ0) is 14.8. The Morgan fingerprint density at radius 3 is 2.85 bits per heavy atom. The average Bonchev–Trinajstić information content (AvgIpc) is 2.80. The number of hydrogen-bond acceptors (Lipinski definition) is 3. The molecule has 0 saturated heterocycles. The van der Waals surface area contributed by atoms with Gasteiger partial charge in [-0.1, -0.05) is 0 Å². The highest BCUT2D eigenvalue weighted by atomic mass is 32.1. The fourth-order valence-electron chi connectivity index (χ4n) is 1.90. The molecule has 0 aromatic carbocycles. The maximum Gasteiger partial charge on any atom is 0.191 e. The third-order valence-electron chi connectivity index (χ3n) is 2.81. The number of nitrogens with one attached hydrogen (secondary N) is 2. The van der Waals surface area contributed by atoms with Crippen LogP contribution in [0.15, 0.2) is 17.1 Å². The fraction of sp³-hybridized carbons (Fsp3) is 0.667. The summed E-state index contributed by atoms with van der Waals surface area (Å²) < 4.78 is 5.04. The molecule has 0 aliphatic carbocycles. The van der Waals surface area contributed by atoms with Gasteiger partial charge in [-0.05, 0) is 39.3 Å². The number of ether oxygens (including phenoxy) is 1. The third-order valence-corrected chi connectivity index (χ3v) is 3.83. The van der Waals surface area contributed by atoms with E-state index in [9.17, 15) is 0 Å². The van der Waals surface area contributed by atoms with Crippen LogP contribution < -0.4 is 10.6 Å². The second-order valence-electron chi connectivity index (χ2n) is 4.87. The first kappa shape index (κ1) is 17.0. The molecule has 20 heavy (non-hydrogen) atoms. The number of aliphatic imine (C=N–C) groups is 1. The van der Waals surface area contributed by atoms with E-state index in [-0.39, 0.29) is 0 Å². The van der Waals surface area contributed by atoms with Crippen molar-refractivity contribution in [3.63, 3.8) is 0 Å². The van der Waals surface area contributed by atoms with Crippen LogP contribution in [0.4, 0.5) is 0 Å². The highest BCUT2D eigenvalue weighted by Gasteiger charge is 2.07. The van der Waals surface area contributed by atoms with E-state index in [0.717, 1.165) is 38.5 Å². The van der Waals surface area contributed by atoms with Gasteiger partial charge in [0, 0.05) is 49.0 Å². The summed E-state index contributed by atoms with van der Waals surface area (Å²) in [7, 11) is 1.72. The Morgan fingerprint density at radius 1 is 1.45 bits per heavy atom.